The van der Waals surface area contributed by atoms with Crippen molar-refractivity contribution in [1.82, 2.24) is 16.0 Å². The number of nitrogens with one attached hydrogen (secondary N) is 3. The van der Waals surface area contributed by atoms with Gasteiger partial charge < -0.3 is 16.0 Å². The van der Waals surface area contributed by atoms with Crippen molar-refractivity contribution in [3.8, 4) is 0 Å². The molecule has 0 spiro atoms. The van der Waals surface area contributed by atoms with Gasteiger partial charge in [0.1, 0.15) is 0 Å². The summed E-state index contributed by atoms with van der Waals surface area (Å²) < 4.78 is 0. The Morgan fingerprint density at radius 2 is 1.61 bits per heavy atom. The van der Waals surface area contributed by atoms with Crippen LogP contribution < -0.4 is 16.0 Å². The minimum atomic E-state index is -0.453. The topological polar surface area (TPSA) is 104 Å². The number of rotatable bonds is 12. The van der Waals surface area contributed by atoms with Gasteiger partial charge in [-0.1, -0.05) is 20.3 Å². The molecule has 7 nitrogen and oxygen atoms in total. The maximum Gasteiger partial charge on any atom is 0.239 e. The fourth-order valence-electron chi connectivity index (χ4n) is 3.58. The van der Waals surface area contributed by atoms with Crippen LogP contribution in [0.4, 0.5) is 0 Å². The van der Waals surface area contributed by atoms with Gasteiger partial charge >= 0.3 is 0 Å². The highest BCUT2D eigenvalue weighted by Gasteiger charge is 2.25. The van der Waals surface area contributed by atoms with Gasteiger partial charge in [-0.25, -0.2) is 0 Å². The molecule has 3 amide bonds. The Bertz CT molecular complexity index is 528. The lowest BCUT2D eigenvalue weighted by molar-refractivity contribution is -0.129. The van der Waals surface area contributed by atoms with Crippen LogP contribution in [0.3, 0.4) is 0 Å². The molecule has 160 valence electrons. The molecule has 0 bridgehead atoms. The van der Waals surface area contributed by atoms with Gasteiger partial charge in [-0.05, 0) is 57.8 Å². The van der Waals surface area contributed by atoms with E-state index in [1.54, 1.807) is 6.92 Å². The van der Waals surface area contributed by atoms with Gasteiger partial charge in [0.15, 0.2) is 5.78 Å². The van der Waals surface area contributed by atoms with Crippen molar-refractivity contribution in [2.24, 2.45) is 11.8 Å². The summed E-state index contributed by atoms with van der Waals surface area (Å²) in [6.07, 6.45) is 7.56. The fourth-order valence-corrected chi connectivity index (χ4v) is 3.58. The molecule has 3 N–H and O–H groups in total. The summed E-state index contributed by atoms with van der Waals surface area (Å²) in [5.41, 5.74) is 0. The zero-order valence-corrected chi connectivity index (χ0v) is 17.6. The lowest BCUT2D eigenvalue weighted by atomic mass is 9.80. The Labute approximate surface area is 168 Å². The van der Waals surface area contributed by atoms with Gasteiger partial charge in [0, 0.05) is 18.9 Å². The van der Waals surface area contributed by atoms with Crippen LogP contribution in [0.5, 0.6) is 0 Å². The summed E-state index contributed by atoms with van der Waals surface area (Å²) in [5.74, 6) is 0.385. The first-order valence-corrected chi connectivity index (χ1v) is 10.7. The summed E-state index contributed by atoms with van der Waals surface area (Å²) in [7, 11) is 0. The highest BCUT2D eigenvalue weighted by Crippen LogP contribution is 2.30. The van der Waals surface area contributed by atoms with E-state index in [1.807, 2.05) is 0 Å². The van der Waals surface area contributed by atoms with Gasteiger partial charge in [0.25, 0.3) is 0 Å². The van der Waals surface area contributed by atoms with E-state index in [9.17, 15) is 19.2 Å². The predicted octanol–water partition coefficient (Wildman–Crippen LogP) is 2.09. The van der Waals surface area contributed by atoms with Crippen molar-refractivity contribution in [3.63, 3.8) is 0 Å². The van der Waals surface area contributed by atoms with Crippen molar-refractivity contribution < 1.29 is 19.2 Å². The molecule has 0 radical (unpaired) electrons. The molecule has 1 unspecified atom stereocenters. The van der Waals surface area contributed by atoms with Crippen molar-refractivity contribution in [1.29, 1.82) is 0 Å². The first-order chi connectivity index (χ1) is 13.4. The number of amides is 3. The Hall–Kier alpha value is -1.92. The van der Waals surface area contributed by atoms with Crippen molar-refractivity contribution in [2.45, 2.75) is 84.6 Å². The van der Waals surface area contributed by atoms with Crippen molar-refractivity contribution >= 4 is 23.5 Å². The van der Waals surface area contributed by atoms with E-state index in [2.05, 4.69) is 22.9 Å². The van der Waals surface area contributed by atoms with Crippen LogP contribution >= 0.6 is 0 Å². The van der Waals surface area contributed by atoms with Crippen LogP contribution in [-0.2, 0) is 19.2 Å². The zero-order valence-electron chi connectivity index (χ0n) is 17.6. The number of hydrogen-bond acceptors (Lipinski definition) is 4. The molecule has 0 aromatic carbocycles. The molecular formula is C21H37N3O4. The van der Waals surface area contributed by atoms with Crippen LogP contribution in [0.25, 0.3) is 0 Å². The van der Waals surface area contributed by atoms with Gasteiger partial charge in [-0.2, -0.15) is 0 Å². The lowest BCUT2D eigenvalue weighted by Crippen LogP contribution is -2.41. The molecular weight excluding hydrogens is 358 g/mol. The second-order valence-corrected chi connectivity index (χ2v) is 7.77. The Morgan fingerprint density at radius 1 is 0.929 bits per heavy atom. The molecule has 1 saturated carbocycles. The number of unbranched alkanes of at least 4 members (excludes halogenated alkanes) is 1. The van der Waals surface area contributed by atoms with Crippen LogP contribution in [0.2, 0.25) is 0 Å². The van der Waals surface area contributed by atoms with Gasteiger partial charge in [-0.15, -0.1) is 0 Å². The first-order valence-electron chi connectivity index (χ1n) is 10.7. The maximum atomic E-state index is 12.2. The molecule has 0 aromatic rings. The minimum Gasteiger partial charge on any atom is -0.355 e. The molecule has 1 fully saturated rings. The lowest BCUT2D eigenvalue weighted by Gasteiger charge is -2.26. The average molecular weight is 396 g/mol. The molecule has 0 aliphatic heterocycles. The van der Waals surface area contributed by atoms with Crippen LogP contribution in [-0.4, -0.2) is 42.6 Å². The van der Waals surface area contributed by atoms with E-state index in [0.717, 1.165) is 38.0 Å². The minimum absolute atomic E-state index is 0.00910. The fraction of sp³-hybridized carbons (Fsp3) is 0.810. The van der Waals surface area contributed by atoms with E-state index < -0.39 is 6.04 Å². The molecule has 0 heterocycles. The van der Waals surface area contributed by atoms with Crippen molar-refractivity contribution in [2.75, 3.05) is 13.1 Å². The van der Waals surface area contributed by atoms with Crippen LogP contribution in [0, 0.1) is 11.8 Å². The number of ketones is 1. The largest absolute Gasteiger partial charge is 0.355 e. The van der Waals surface area contributed by atoms with E-state index in [0.29, 0.717) is 25.8 Å². The summed E-state index contributed by atoms with van der Waals surface area (Å²) in [4.78, 5) is 47.0. The highest BCUT2D eigenvalue weighted by atomic mass is 16.2. The van der Waals surface area contributed by atoms with E-state index in [1.165, 1.54) is 13.3 Å². The second-order valence-electron chi connectivity index (χ2n) is 7.77. The Morgan fingerprint density at radius 3 is 2.18 bits per heavy atom. The van der Waals surface area contributed by atoms with Crippen LogP contribution in [0.15, 0.2) is 0 Å². The first kappa shape index (κ1) is 24.1. The monoisotopic (exact) mass is 395 g/mol. The van der Waals surface area contributed by atoms with Crippen LogP contribution in [0.1, 0.15) is 78.6 Å². The number of carbonyl (C=O) groups excluding carboxylic acids is 4. The smallest absolute Gasteiger partial charge is 0.239 e. The van der Waals surface area contributed by atoms with Gasteiger partial charge in [0.05, 0.1) is 12.6 Å². The second kappa shape index (κ2) is 13.3. The van der Waals surface area contributed by atoms with Crippen molar-refractivity contribution in [3.05, 3.63) is 0 Å². The summed E-state index contributed by atoms with van der Waals surface area (Å²) >= 11 is 0. The highest BCUT2D eigenvalue weighted by molar-refractivity contribution is 5.87. The number of Topliss-reactive ketones (excluding diaryl/α,β-unsaturated/α-hetero) is 1. The summed E-state index contributed by atoms with van der Waals surface area (Å²) in [5, 5.41) is 8.24. The van der Waals surface area contributed by atoms with Gasteiger partial charge in [-0.3, -0.25) is 19.2 Å². The maximum absolute atomic E-state index is 12.2. The molecule has 1 aliphatic carbocycles. The summed E-state index contributed by atoms with van der Waals surface area (Å²) in [6.45, 7) is 5.91. The third-order valence-corrected chi connectivity index (χ3v) is 5.61. The average Bonchev–Trinajstić information content (AvgIpc) is 2.70. The number of carbonyl (C=O) groups is 4. The third-order valence-electron chi connectivity index (χ3n) is 5.61. The Kier molecular flexibility index (Phi) is 11.4. The molecule has 7 heteroatoms. The molecule has 0 aromatic heterocycles. The summed E-state index contributed by atoms with van der Waals surface area (Å²) in [6, 6.07) is -0.453. The Balaban J connectivity index is 2.14. The molecule has 1 aliphatic rings. The molecule has 0 saturated heterocycles. The SMILES string of the molecule is CCC(=O)NC(CCCCNC(=O)CNC(=O)C1CCC(CC)CC1)C(C)=O. The van der Waals surface area contributed by atoms with E-state index in [-0.39, 0.29) is 36.0 Å². The standard InChI is InChI=1S/C21H37N3O4/c1-4-16-9-11-17(12-10-16)21(28)23-14-20(27)22-13-7-6-8-18(15(3)25)24-19(26)5-2/h16-18H,4-14H2,1-3H3,(H,22,27)(H,23,28)(H,24,26). The van der Waals surface area contributed by atoms with Gasteiger partial charge in [0.2, 0.25) is 17.7 Å². The third kappa shape index (κ3) is 9.33. The zero-order chi connectivity index (χ0) is 20.9. The van der Waals surface area contributed by atoms with E-state index >= 15 is 0 Å². The normalized spacial score (nSPS) is 20.1. The molecule has 28 heavy (non-hydrogen) atoms. The molecule has 1 rings (SSSR count). The predicted molar refractivity (Wildman–Crippen MR) is 109 cm³/mol. The molecule has 1 atom stereocenters. The number of hydrogen-bond donors (Lipinski definition) is 3. The quantitative estimate of drug-likeness (QED) is 0.440. The van der Waals surface area contributed by atoms with E-state index in [4.69, 9.17) is 0 Å².